The summed E-state index contributed by atoms with van der Waals surface area (Å²) in [6.07, 6.45) is 2.23. The monoisotopic (exact) mass is 228 g/mol. The van der Waals surface area contributed by atoms with E-state index in [4.69, 9.17) is 0 Å². The molecule has 1 aromatic heterocycles. The molecule has 0 amide bonds. The maximum atomic E-state index is 3.39. The number of nitrogens with one attached hydrogen (secondary N) is 1. The van der Waals surface area contributed by atoms with Crippen LogP contribution in [0.3, 0.4) is 0 Å². The molecule has 3 heteroatoms. The van der Waals surface area contributed by atoms with Gasteiger partial charge in [0.1, 0.15) is 12.7 Å². The molecule has 0 bridgehead atoms. The maximum absolute atomic E-state index is 3.39. The minimum Gasteiger partial charge on any atom is -0.364 e. The molecule has 1 fully saturated rings. The molecule has 1 aromatic carbocycles. The van der Waals surface area contributed by atoms with Crippen molar-refractivity contribution in [2.45, 2.75) is 0 Å². The van der Waals surface area contributed by atoms with Crippen LogP contribution in [0.4, 0.5) is 5.69 Å². The molecule has 0 saturated carbocycles. The van der Waals surface area contributed by atoms with Gasteiger partial charge in [0.05, 0.1) is 0 Å². The van der Waals surface area contributed by atoms with Crippen LogP contribution in [0, 0.1) is 0 Å². The van der Waals surface area contributed by atoms with E-state index in [0.717, 1.165) is 26.2 Å². The third kappa shape index (κ3) is 1.98. The van der Waals surface area contributed by atoms with Crippen LogP contribution in [-0.2, 0) is 7.05 Å². The highest BCUT2D eigenvalue weighted by Crippen LogP contribution is 2.18. The summed E-state index contributed by atoms with van der Waals surface area (Å²) in [7, 11) is 2.12. The smallest absolute Gasteiger partial charge is 0.212 e. The molecule has 1 saturated heterocycles. The molecule has 17 heavy (non-hydrogen) atoms. The van der Waals surface area contributed by atoms with Crippen molar-refractivity contribution in [3.8, 4) is 0 Å². The molecule has 0 aliphatic carbocycles. The number of aryl methyl sites for hydroxylation is 1. The lowest BCUT2D eigenvalue weighted by Gasteiger charge is -2.28. The van der Waals surface area contributed by atoms with Gasteiger partial charge in [-0.1, -0.05) is 12.1 Å². The molecule has 1 N–H and O–H groups in total. The number of fused-ring (bicyclic) bond motifs is 1. The molecule has 0 radical (unpaired) electrons. The molecule has 2 heterocycles. The lowest BCUT2D eigenvalue weighted by Crippen LogP contribution is -2.44. The van der Waals surface area contributed by atoms with E-state index in [-0.39, 0.29) is 0 Å². The molecular weight excluding hydrogens is 210 g/mol. The number of aromatic nitrogens is 1. The minimum atomic E-state index is 1.08. The molecule has 0 atom stereocenters. The van der Waals surface area contributed by atoms with E-state index in [9.17, 15) is 0 Å². The van der Waals surface area contributed by atoms with Crippen molar-refractivity contribution in [2.75, 3.05) is 31.1 Å². The van der Waals surface area contributed by atoms with E-state index in [1.165, 1.54) is 16.6 Å². The second kappa shape index (κ2) is 4.34. The zero-order valence-electron chi connectivity index (χ0n) is 10.2. The Labute approximate surface area is 102 Å². The van der Waals surface area contributed by atoms with Crippen molar-refractivity contribution < 1.29 is 4.57 Å². The van der Waals surface area contributed by atoms with E-state index in [1.807, 2.05) is 0 Å². The van der Waals surface area contributed by atoms with Gasteiger partial charge in [-0.25, -0.2) is 0 Å². The van der Waals surface area contributed by atoms with Gasteiger partial charge < -0.3 is 10.2 Å². The predicted molar refractivity (Wildman–Crippen MR) is 70.2 cm³/mol. The third-order valence-electron chi connectivity index (χ3n) is 3.43. The van der Waals surface area contributed by atoms with Crippen molar-refractivity contribution in [3.05, 3.63) is 36.5 Å². The molecular formula is C14H18N3+. The van der Waals surface area contributed by atoms with Crippen molar-refractivity contribution in [2.24, 2.45) is 7.05 Å². The summed E-state index contributed by atoms with van der Waals surface area (Å²) in [6.45, 7) is 4.35. The number of anilines is 1. The molecule has 1 aliphatic heterocycles. The van der Waals surface area contributed by atoms with Gasteiger partial charge in [-0.3, -0.25) is 0 Å². The fourth-order valence-corrected chi connectivity index (χ4v) is 2.49. The van der Waals surface area contributed by atoms with Crippen molar-refractivity contribution in [3.63, 3.8) is 0 Å². The molecule has 1 aliphatic rings. The number of nitrogens with zero attached hydrogens (tertiary/aromatic N) is 2. The van der Waals surface area contributed by atoms with Crippen LogP contribution in [0.1, 0.15) is 0 Å². The standard InChI is InChI=1S/C14H18N3/c1-16-11-13(17-8-6-15-7-9-17)10-12-4-2-3-5-14(12)16/h2-5,10-11,15H,6-9H2,1H3/q+1. The second-order valence-corrected chi connectivity index (χ2v) is 4.61. The Bertz CT molecular complexity index is 530. The summed E-state index contributed by atoms with van der Waals surface area (Å²) in [5.74, 6) is 0. The zero-order chi connectivity index (χ0) is 11.7. The van der Waals surface area contributed by atoms with Crippen molar-refractivity contribution in [1.29, 1.82) is 0 Å². The highest BCUT2D eigenvalue weighted by atomic mass is 15.2. The van der Waals surface area contributed by atoms with Crippen LogP contribution in [0.15, 0.2) is 36.5 Å². The SMILES string of the molecule is C[n+]1cc(N2CCNCC2)cc2ccccc21. The Kier molecular flexibility index (Phi) is 2.69. The summed E-state index contributed by atoms with van der Waals surface area (Å²) in [4.78, 5) is 2.45. The number of benzene rings is 1. The summed E-state index contributed by atoms with van der Waals surface area (Å²) in [5, 5.41) is 4.70. The van der Waals surface area contributed by atoms with Crippen molar-refractivity contribution >= 4 is 16.6 Å². The van der Waals surface area contributed by atoms with Crippen LogP contribution in [0.2, 0.25) is 0 Å². The number of rotatable bonds is 1. The first kappa shape index (κ1) is 10.5. The molecule has 3 nitrogen and oxygen atoms in total. The largest absolute Gasteiger partial charge is 0.364 e. The molecule has 0 spiro atoms. The van der Waals surface area contributed by atoms with Crippen LogP contribution in [0.25, 0.3) is 10.9 Å². The first-order valence-electron chi connectivity index (χ1n) is 6.19. The number of hydrogen-bond acceptors (Lipinski definition) is 2. The van der Waals surface area contributed by atoms with Crippen LogP contribution in [-0.4, -0.2) is 26.2 Å². The van der Waals surface area contributed by atoms with Crippen LogP contribution >= 0.6 is 0 Å². The molecule has 3 rings (SSSR count). The fraction of sp³-hybridized carbons (Fsp3) is 0.357. The normalized spacial score (nSPS) is 16.4. The average Bonchev–Trinajstić information content (AvgIpc) is 2.40. The maximum Gasteiger partial charge on any atom is 0.212 e. The molecule has 2 aromatic rings. The predicted octanol–water partition coefficient (Wildman–Crippen LogP) is 1.07. The number of pyridine rings is 1. The fourth-order valence-electron chi connectivity index (χ4n) is 2.49. The summed E-state index contributed by atoms with van der Waals surface area (Å²) < 4.78 is 2.21. The number of hydrogen-bond donors (Lipinski definition) is 1. The highest BCUT2D eigenvalue weighted by molar-refractivity contribution is 5.78. The van der Waals surface area contributed by atoms with E-state index < -0.39 is 0 Å². The highest BCUT2D eigenvalue weighted by Gasteiger charge is 2.15. The number of para-hydroxylation sites is 1. The Morgan fingerprint density at radius 2 is 1.94 bits per heavy atom. The van der Waals surface area contributed by atoms with Crippen LogP contribution in [0.5, 0.6) is 0 Å². The second-order valence-electron chi connectivity index (χ2n) is 4.61. The van der Waals surface area contributed by atoms with Gasteiger partial charge in [0.25, 0.3) is 0 Å². The van der Waals surface area contributed by atoms with Crippen molar-refractivity contribution in [1.82, 2.24) is 5.32 Å². The summed E-state index contributed by atoms with van der Waals surface area (Å²) in [5.41, 5.74) is 2.61. The Morgan fingerprint density at radius 1 is 1.18 bits per heavy atom. The average molecular weight is 228 g/mol. The van der Waals surface area contributed by atoms with Crippen LogP contribution < -0.4 is 14.8 Å². The first-order valence-corrected chi connectivity index (χ1v) is 6.19. The molecule has 0 unspecified atom stereocenters. The lowest BCUT2D eigenvalue weighted by atomic mass is 10.2. The quantitative estimate of drug-likeness (QED) is 0.736. The van der Waals surface area contributed by atoms with Gasteiger partial charge in [0.2, 0.25) is 5.52 Å². The van der Waals surface area contributed by atoms with E-state index in [2.05, 4.69) is 58.4 Å². The van der Waals surface area contributed by atoms with E-state index >= 15 is 0 Å². The summed E-state index contributed by atoms with van der Waals surface area (Å²) in [6, 6.07) is 10.8. The minimum absolute atomic E-state index is 1.08. The van der Waals surface area contributed by atoms with Gasteiger partial charge in [0.15, 0.2) is 6.20 Å². The van der Waals surface area contributed by atoms with Gasteiger partial charge in [0, 0.05) is 37.6 Å². The molecule has 88 valence electrons. The number of piperazine rings is 1. The van der Waals surface area contributed by atoms with Gasteiger partial charge in [-0.05, 0) is 12.1 Å². The van der Waals surface area contributed by atoms with Gasteiger partial charge in [-0.2, -0.15) is 4.57 Å². The van der Waals surface area contributed by atoms with E-state index in [1.54, 1.807) is 0 Å². The Morgan fingerprint density at radius 3 is 2.76 bits per heavy atom. The Hall–Kier alpha value is -1.61. The third-order valence-corrected chi connectivity index (χ3v) is 3.43. The summed E-state index contributed by atoms with van der Waals surface area (Å²) >= 11 is 0. The van der Waals surface area contributed by atoms with E-state index in [0.29, 0.717) is 0 Å². The first-order chi connectivity index (χ1) is 8.34. The topological polar surface area (TPSA) is 19.1 Å². The zero-order valence-corrected chi connectivity index (χ0v) is 10.2. The lowest BCUT2D eigenvalue weighted by molar-refractivity contribution is -0.644. The van der Waals surface area contributed by atoms with Gasteiger partial charge in [-0.15, -0.1) is 0 Å². The Balaban J connectivity index is 2.05. The van der Waals surface area contributed by atoms with Gasteiger partial charge >= 0.3 is 0 Å².